The van der Waals surface area contributed by atoms with Crippen LogP contribution in [0.4, 0.5) is 0 Å². The molecular formula is C19H29Cl2N3O. The highest BCUT2D eigenvalue weighted by Gasteiger charge is 2.20. The standard InChI is InChI=1S/C19H27N3O.2ClH/c1-3-22-19(16-9-11-20-12-10-16)14-17(21-22)13-15-5-7-18(8-6-15)23-4-2;;/h5-8,14,16,20H,3-4,9-13H2,1-2H3;2*1H. The van der Waals surface area contributed by atoms with Gasteiger partial charge in [-0.25, -0.2) is 0 Å². The average molecular weight is 386 g/mol. The predicted molar refractivity (Wildman–Crippen MR) is 108 cm³/mol. The molecule has 0 radical (unpaired) electrons. The van der Waals surface area contributed by atoms with Crippen LogP contribution in [-0.2, 0) is 13.0 Å². The number of ether oxygens (including phenoxy) is 1. The van der Waals surface area contributed by atoms with E-state index in [4.69, 9.17) is 9.84 Å². The number of nitrogens with zero attached hydrogens (tertiary/aromatic N) is 2. The summed E-state index contributed by atoms with van der Waals surface area (Å²) in [6.45, 7) is 8.08. The second-order valence-electron chi connectivity index (χ2n) is 6.15. The van der Waals surface area contributed by atoms with E-state index in [2.05, 4.69) is 35.1 Å². The van der Waals surface area contributed by atoms with Gasteiger partial charge in [0.05, 0.1) is 12.3 Å². The van der Waals surface area contributed by atoms with Gasteiger partial charge < -0.3 is 10.1 Å². The number of halogens is 2. The monoisotopic (exact) mass is 385 g/mol. The SMILES string of the molecule is CCOc1ccc(Cc2cc(C3CCNCC3)n(CC)n2)cc1.Cl.Cl. The lowest BCUT2D eigenvalue weighted by molar-refractivity contribution is 0.340. The van der Waals surface area contributed by atoms with Crippen LogP contribution in [0.25, 0.3) is 0 Å². The van der Waals surface area contributed by atoms with Crippen LogP contribution >= 0.6 is 24.8 Å². The summed E-state index contributed by atoms with van der Waals surface area (Å²) in [5.41, 5.74) is 3.87. The van der Waals surface area contributed by atoms with Crippen LogP contribution in [0.1, 0.15) is 49.6 Å². The summed E-state index contributed by atoms with van der Waals surface area (Å²) in [5.74, 6) is 1.59. The number of hydrogen-bond acceptors (Lipinski definition) is 3. The Morgan fingerprint density at radius 2 is 1.80 bits per heavy atom. The Morgan fingerprint density at radius 3 is 2.40 bits per heavy atom. The highest BCUT2D eigenvalue weighted by molar-refractivity contribution is 5.85. The van der Waals surface area contributed by atoms with Gasteiger partial charge in [0.15, 0.2) is 0 Å². The lowest BCUT2D eigenvalue weighted by atomic mass is 9.94. The van der Waals surface area contributed by atoms with Gasteiger partial charge in [-0.1, -0.05) is 12.1 Å². The molecule has 4 nitrogen and oxygen atoms in total. The quantitative estimate of drug-likeness (QED) is 0.809. The third kappa shape index (κ3) is 5.63. The highest BCUT2D eigenvalue weighted by atomic mass is 35.5. The summed E-state index contributed by atoms with van der Waals surface area (Å²) in [4.78, 5) is 0. The van der Waals surface area contributed by atoms with Crippen molar-refractivity contribution < 1.29 is 4.74 Å². The Labute approximate surface area is 163 Å². The van der Waals surface area contributed by atoms with Gasteiger partial charge in [0.1, 0.15) is 5.75 Å². The van der Waals surface area contributed by atoms with Gasteiger partial charge in [-0.3, -0.25) is 4.68 Å². The summed E-state index contributed by atoms with van der Waals surface area (Å²) >= 11 is 0. The Bertz CT molecular complexity index is 622. The maximum absolute atomic E-state index is 5.51. The van der Waals surface area contributed by atoms with Crippen molar-refractivity contribution in [3.63, 3.8) is 0 Å². The highest BCUT2D eigenvalue weighted by Crippen LogP contribution is 2.26. The van der Waals surface area contributed by atoms with Crippen molar-refractivity contribution in [2.24, 2.45) is 0 Å². The number of benzene rings is 1. The van der Waals surface area contributed by atoms with Crippen LogP contribution < -0.4 is 10.1 Å². The predicted octanol–water partition coefficient (Wildman–Crippen LogP) is 4.20. The number of hydrogen-bond donors (Lipinski definition) is 1. The van der Waals surface area contributed by atoms with Gasteiger partial charge in [0.25, 0.3) is 0 Å². The Balaban J connectivity index is 0.00000156. The lowest BCUT2D eigenvalue weighted by Gasteiger charge is -2.23. The van der Waals surface area contributed by atoms with Crippen LogP contribution in [0, 0.1) is 0 Å². The molecule has 0 aliphatic carbocycles. The molecule has 25 heavy (non-hydrogen) atoms. The number of piperidine rings is 1. The van der Waals surface area contributed by atoms with E-state index in [1.165, 1.54) is 29.8 Å². The summed E-state index contributed by atoms with van der Waals surface area (Å²) in [6, 6.07) is 10.7. The molecule has 1 fully saturated rings. The van der Waals surface area contributed by atoms with Crippen molar-refractivity contribution >= 4 is 24.8 Å². The van der Waals surface area contributed by atoms with E-state index in [9.17, 15) is 0 Å². The summed E-state index contributed by atoms with van der Waals surface area (Å²) in [6.07, 6.45) is 3.32. The summed E-state index contributed by atoms with van der Waals surface area (Å²) in [5, 5.41) is 8.27. The fourth-order valence-electron chi connectivity index (χ4n) is 3.35. The van der Waals surface area contributed by atoms with E-state index in [0.29, 0.717) is 12.5 Å². The van der Waals surface area contributed by atoms with Crippen LogP contribution in [0.3, 0.4) is 0 Å². The number of rotatable bonds is 6. The minimum absolute atomic E-state index is 0. The molecule has 6 heteroatoms. The molecule has 0 bridgehead atoms. The van der Waals surface area contributed by atoms with Gasteiger partial charge in [0.2, 0.25) is 0 Å². The van der Waals surface area contributed by atoms with E-state index in [1.807, 2.05) is 19.1 Å². The van der Waals surface area contributed by atoms with Crippen molar-refractivity contribution in [3.8, 4) is 5.75 Å². The van der Waals surface area contributed by atoms with Crippen LogP contribution in [0.5, 0.6) is 5.75 Å². The van der Waals surface area contributed by atoms with E-state index in [-0.39, 0.29) is 24.8 Å². The van der Waals surface area contributed by atoms with E-state index in [0.717, 1.165) is 31.8 Å². The lowest BCUT2D eigenvalue weighted by Crippen LogP contribution is -2.27. The Kier molecular flexibility index (Phi) is 9.33. The molecule has 1 aromatic carbocycles. The largest absolute Gasteiger partial charge is 0.494 e. The number of aromatic nitrogens is 2. The second-order valence-corrected chi connectivity index (χ2v) is 6.15. The van der Waals surface area contributed by atoms with Gasteiger partial charge in [-0.05, 0) is 63.5 Å². The summed E-state index contributed by atoms with van der Waals surface area (Å²) in [7, 11) is 0. The fourth-order valence-corrected chi connectivity index (χ4v) is 3.35. The molecule has 0 unspecified atom stereocenters. The first-order valence-corrected chi connectivity index (χ1v) is 8.79. The third-order valence-electron chi connectivity index (χ3n) is 4.54. The molecule has 0 spiro atoms. The Hall–Kier alpha value is -1.23. The maximum Gasteiger partial charge on any atom is 0.119 e. The molecule has 3 rings (SSSR count). The van der Waals surface area contributed by atoms with Crippen molar-refractivity contribution in [1.29, 1.82) is 0 Å². The third-order valence-corrected chi connectivity index (χ3v) is 4.54. The molecule has 2 heterocycles. The molecule has 1 aromatic heterocycles. The van der Waals surface area contributed by atoms with Crippen LogP contribution in [-0.4, -0.2) is 29.5 Å². The number of nitrogens with one attached hydrogen (secondary N) is 1. The van der Waals surface area contributed by atoms with Crippen molar-refractivity contribution in [2.45, 2.75) is 45.6 Å². The molecule has 1 saturated heterocycles. The molecule has 0 saturated carbocycles. The molecule has 1 aliphatic heterocycles. The maximum atomic E-state index is 5.51. The zero-order valence-corrected chi connectivity index (χ0v) is 16.7. The number of aryl methyl sites for hydroxylation is 1. The molecular weight excluding hydrogens is 357 g/mol. The smallest absolute Gasteiger partial charge is 0.119 e. The zero-order valence-electron chi connectivity index (χ0n) is 15.0. The van der Waals surface area contributed by atoms with E-state index in [1.54, 1.807) is 0 Å². The fraction of sp³-hybridized carbons (Fsp3) is 0.526. The molecule has 0 amide bonds. The minimum Gasteiger partial charge on any atom is -0.494 e. The first-order valence-electron chi connectivity index (χ1n) is 8.79. The van der Waals surface area contributed by atoms with Crippen molar-refractivity contribution in [3.05, 3.63) is 47.3 Å². The van der Waals surface area contributed by atoms with E-state index >= 15 is 0 Å². The summed E-state index contributed by atoms with van der Waals surface area (Å²) < 4.78 is 7.70. The normalized spacial score (nSPS) is 14.5. The van der Waals surface area contributed by atoms with Crippen molar-refractivity contribution in [2.75, 3.05) is 19.7 Å². The molecule has 1 aliphatic rings. The second kappa shape index (κ2) is 10.7. The van der Waals surface area contributed by atoms with Gasteiger partial charge in [-0.2, -0.15) is 5.10 Å². The minimum atomic E-state index is 0. The first-order chi connectivity index (χ1) is 11.3. The molecule has 1 N–H and O–H groups in total. The van der Waals surface area contributed by atoms with Gasteiger partial charge >= 0.3 is 0 Å². The first kappa shape index (κ1) is 21.8. The van der Waals surface area contributed by atoms with E-state index < -0.39 is 0 Å². The topological polar surface area (TPSA) is 39.1 Å². The average Bonchev–Trinajstić information content (AvgIpc) is 3.01. The molecule has 140 valence electrons. The molecule has 2 aromatic rings. The Morgan fingerprint density at radius 1 is 1.12 bits per heavy atom. The van der Waals surface area contributed by atoms with Gasteiger partial charge in [0, 0.05) is 24.6 Å². The van der Waals surface area contributed by atoms with Crippen LogP contribution in [0.2, 0.25) is 0 Å². The zero-order chi connectivity index (χ0) is 16.1. The van der Waals surface area contributed by atoms with Crippen molar-refractivity contribution in [1.82, 2.24) is 15.1 Å². The van der Waals surface area contributed by atoms with Gasteiger partial charge in [-0.15, -0.1) is 24.8 Å². The van der Waals surface area contributed by atoms with Crippen LogP contribution in [0.15, 0.2) is 30.3 Å². The molecule has 0 atom stereocenters.